The van der Waals surface area contributed by atoms with E-state index in [1.165, 1.54) is 22.9 Å². The van der Waals surface area contributed by atoms with Gasteiger partial charge in [0.25, 0.3) is 0 Å². The molecule has 3 N–H and O–H groups in total. The molecule has 1 saturated carbocycles. The molecular formula is C20H23F4N7O3. The number of H-pyrrole nitrogens is 1. The summed E-state index contributed by atoms with van der Waals surface area (Å²) in [4.78, 5) is 19.9. The number of nitrogens with one attached hydrogen (secondary N) is 3. The molecule has 0 unspecified atom stereocenters. The fourth-order valence-electron chi connectivity index (χ4n) is 3.70. The summed E-state index contributed by atoms with van der Waals surface area (Å²) in [6.45, 7) is 2.09. The quantitative estimate of drug-likeness (QED) is 0.435. The first-order chi connectivity index (χ1) is 16.1. The monoisotopic (exact) mass is 485 g/mol. The van der Waals surface area contributed by atoms with Crippen LogP contribution in [0, 0.1) is 0 Å². The Hall–Kier alpha value is -3.58. The van der Waals surface area contributed by atoms with Gasteiger partial charge in [0.1, 0.15) is 17.9 Å². The molecule has 1 aliphatic carbocycles. The third-order valence-corrected chi connectivity index (χ3v) is 5.15. The predicted molar refractivity (Wildman–Crippen MR) is 112 cm³/mol. The third kappa shape index (κ3) is 5.48. The van der Waals surface area contributed by atoms with Gasteiger partial charge in [0.05, 0.1) is 6.20 Å². The van der Waals surface area contributed by atoms with Crippen LogP contribution < -0.4 is 15.4 Å². The SMILES string of the molecule is CC(C)NC(=O)O[C@@H]1CC[C@H](c2cc(Nc3nccc4nc(OCC(F)(F)F)cn34)n[nH]2)[C@@H]1F. The van der Waals surface area contributed by atoms with Gasteiger partial charge in [-0.25, -0.2) is 14.2 Å². The predicted octanol–water partition coefficient (Wildman–Crippen LogP) is 3.86. The molecule has 0 aromatic carbocycles. The van der Waals surface area contributed by atoms with Crippen molar-refractivity contribution in [2.45, 2.75) is 57.1 Å². The first-order valence-corrected chi connectivity index (χ1v) is 10.6. The minimum absolute atomic E-state index is 0.121. The molecule has 3 atom stereocenters. The molecule has 0 bridgehead atoms. The maximum Gasteiger partial charge on any atom is 0.422 e. The molecule has 1 aliphatic rings. The molecule has 0 aliphatic heterocycles. The van der Waals surface area contributed by atoms with Gasteiger partial charge < -0.3 is 20.1 Å². The van der Waals surface area contributed by atoms with Crippen molar-refractivity contribution in [2.24, 2.45) is 0 Å². The van der Waals surface area contributed by atoms with E-state index >= 15 is 0 Å². The van der Waals surface area contributed by atoms with E-state index in [9.17, 15) is 22.4 Å². The van der Waals surface area contributed by atoms with Gasteiger partial charge in [-0.1, -0.05) is 0 Å². The van der Waals surface area contributed by atoms with Crippen LogP contribution in [-0.4, -0.2) is 61.8 Å². The minimum atomic E-state index is -4.49. The molecule has 3 aromatic heterocycles. The fraction of sp³-hybridized carbons (Fsp3) is 0.500. The number of nitrogens with zero attached hydrogens (tertiary/aromatic N) is 4. The molecule has 4 rings (SSSR count). The molecule has 0 radical (unpaired) electrons. The van der Waals surface area contributed by atoms with Crippen LogP contribution in [0.3, 0.4) is 0 Å². The second-order valence-electron chi connectivity index (χ2n) is 8.18. The number of fused-ring (bicyclic) bond motifs is 1. The molecule has 10 nitrogen and oxygen atoms in total. The van der Waals surface area contributed by atoms with E-state index in [-0.39, 0.29) is 17.9 Å². The van der Waals surface area contributed by atoms with Crippen molar-refractivity contribution >= 4 is 23.5 Å². The van der Waals surface area contributed by atoms with Gasteiger partial charge in [0, 0.05) is 29.9 Å². The molecule has 0 spiro atoms. The normalized spacial score (nSPS) is 20.6. The van der Waals surface area contributed by atoms with Crippen LogP contribution in [0.2, 0.25) is 0 Å². The maximum absolute atomic E-state index is 14.9. The number of aromatic nitrogens is 5. The molecular weight excluding hydrogens is 462 g/mol. The summed E-state index contributed by atoms with van der Waals surface area (Å²) in [5.74, 6) is -0.218. The van der Waals surface area contributed by atoms with Crippen LogP contribution in [0.15, 0.2) is 24.5 Å². The van der Waals surface area contributed by atoms with Crippen LogP contribution in [0.25, 0.3) is 5.65 Å². The Morgan fingerprint density at radius 2 is 2.15 bits per heavy atom. The molecule has 0 saturated heterocycles. The van der Waals surface area contributed by atoms with Crippen molar-refractivity contribution in [1.82, 2.24) is 29.9 Å². The number of halogens is 4. The molecule has 34 heavy (non-hydrogen) atoms. The molecule has 184 valence electrons. The number of anilines is 2. The lowest BCUT2D eigenvalue weighted by molar-refractivity contribution is -0.154. The Bertz CT molecular complexity index is 1150. The fourth-order valence-corrected chi connectivity index (χ4v) is 3.70. The average molecular weight is 485 g/mol. The number of alkyl halides is 4. The standard InChI is InChI=1S/C20H23F4N7O3/c1-10(2)26-19(32)34-13-4-3-11(17(13)21)12-7-14(30-29-12)27-18-25-6-5-15-28-16(8-31(15)18)33-9-20(22,23)24/h5-8,10-11,13,17H,3-4,9H2,1-2H3,(H,26,32)(H2,25,27,29,30)/t11-,13-,17+/m1/s1. The van der Waals surface area contributed by atoms with E-state index in [0.717, 1.165) is 0 Å². The number of imidazole rings is 1. The zero-order valence-corrected chi connectivity index (χ0v) is 18.3. The summed E-state index contributed by atoms with van der Waals surface area (Å²) < 4.78 is 63.5. The van der Waals surface area contributed by atoms with Gasteiger partial charge in [0.2, 0.25) is 11.8 Å². The van der Waals surface area contributed by atoms with Gasteiger partial charge in [-0.3, -0.25) is 9.50 Å². The van der Waals surface area contributed by atoms with E-state index in [2.05, 4.69) is 35.5 Å². The van der Waals surface area contributed by atoms with E-state index in [0.29, 0.717) is 30.0 Å². The Morgan fingerprint density at radius 1 is 1.35 bits per heavy atom. The van der Waals surface area contributed by atoms with Crippen molar-refractivity contribution in [2.75, 3.05) is 11.9 Å². The van der Waals surface area contributed by atoms with E-state index in [1.54, 1.807) is 19.9 Å². The summed E-state index contributed by atoms with van der Waals surface area (Å²) >= 11 is 0. The zero-order valence-electron chi connectivity index (χ0n) is 18.3. The summed E-state index contributed by atoms with van der Waals surface area (Å²) in [7, 11) is 0. The van der Waals surface area contributed by atoms with E-state index in [1.807, 2.05) is 0 Å². The summed E-state index contributed by atoms with van der Waals surface area (Å²) in [6.07, 6.45) is -3.90. The van der Waals surface area contributed by atoms with Crippen LogP contribution in [-0.2, 0) is 4.74 Å². The van der Waals surface area contributed by atoms with Crippen molar-refractivity contribution in [3.8, 4) is 5.88 Å². The van der Waals surface area contributed by atoms with E-state index < -0.39 is 37.1 Å². The van der Waals surface area contributed by atoms with Gasteiger partial charge >= 0.3 is 12.3 Å². The molecule has 14 heteroatoms. The molecule has 1 amide bonds. The Morgan fingerprint density at radius 3 is 2.88 bits per heavy atom. The highest BCUT2D eigenvalue weighted by molar-refractivity contribution is 5.67. The number of aromatic amines is 1. The first-order valence-electron chi connectivity index (χ1n) is 10.6. The lowest BCUT2D eigenvalue weighted by Crippen LogP contribution is -2.36. The molecule has 3 aromatic rings. The number of rotatable bonds is 7. The summed E-state index contributed by atoms with van der Waals surface area (Å²) in [5.41, 5.74) is 0.821. The highest BCUT2D eigenvalue weighted by atomic mass is 19.4. The topological polar surface area (TPSA) is 118 Å². The van der Waals surface area contributed by atoms with Crippen molar-refractivity contribution < 1.29 is 31.8 Å². The van der Waals surface area contributed by atoms with Crippen molar-refractivity contribution in [1.29, 1.82) is 0 Å². The lowest BCUT2D eigenvalue weighted by Gasteiger charge is -2.18. The van der Waals surface area contributed by atoms with Crippen LogP contribution >= 0.6 is 0 Å². The van der Waals surface area contributed by atoms with Crippen LogP contribution in [0.4, 0.5) is 34.1 Å². The molecule has 3 heterocycles. The van der Waals surface area contributed by atoms with Crippen molar-refractivity contribution in [3.05, 3.63) is 30.2 Å². The van der Waals surface area contributed by atoms with Gasteiger partial charge in [-0.15, -0.1) is 0 Å². The molecule has 1 fully saturated rings. The highest BCUT2D eigenvalue weighted by Gasteiger charge is 2.41. The number of hydrogen-bond donors (Lipinski definition) is 3. The third-order valence-electron chi connectivity index (χ3n) is 5.15. The first kappa shape index (κ1) is 23.6. The average Bonchev–Trinajstić information content (AvgIpc) is 3.45. The second-order valence-corrected chi connectivity index (χ2v) is 8.18. The largest absolute Gasteiger partial charge is 0.467 e. The summed E-state index contributed by atoms with van der Waals surface area (Å²) in [6, 6.07) is 2.99. The number of hydrogen-bond acceptors (Lipinski definition) is 7. The second kappa shape index (κ2) is 9.35. The van der Waals surface area contributed by atoms with Gasteiger partial charge in [-0.05, 0) is 32.8 Å². The Kier molecular flexibility index (Phi) is 6.48. The van der Waals surface area contributed by atoms with E-state index in [4.69, 9.17) is 4.74 Å². The smallest absolute Gasteiger partial charge is 0.422 e. The zero-order chi connectivity index (χ0) is 24.5. The number of ether oxygens (including phenoxy) is 2. The number of alkyl carbamates (subject to hydrolysis) is 1. The van der Waals surface area contributed by atoms with Gasteiger partial charge in [-0.2, -0.15) is 23.3 Å². The summed E-state index contributed by atoms with van der Waals surface area (Å²) in [5, 5.41) is 12.4. The number of carbonyl (C=O) groups excluding carboxylic acids is 1. The Balaban J connectivity index is 1.43. The Labute approximate surface area is 191 Å². The van der Waals surface area contributed by atoms with Crippen molar-refractivity contribution in [3.63, 3.8) is 0 Å². The van der Waals surface area contributed by atoms with Crippen LogP contribution in [0.5, 0.6) is 5.88 Å². The highest BCUT2D eigenvalue weighted by Crippen LogP contribution is 2.38. The maximum atomic E-state index is 14.9. The minimum Gasteiger partial charge on any atom is -0.467 e. The number of amides is 1. The van der Waals surface area contributed by atoms with Crippen LogP contribution in [0.1, 0.15) is 38.3 Å². The van der Waals surface area contributed by atoms with Gasteiger partial charge in [0.15, 0.2) is 12.4 Å². The number of carbonyl (C=O) groups is 1. The lowest BCUT2D eigenvalue weighted by atomic mass is 10.0.